The van der Waals surface area contributed by atoms with Gasteiger partial charge in [-0.15, -0.1) is 0 Å². The minimum absolute atomic E-state index is 0.0413. The van der Waals surface area contributed by atoms with Gasteiger partial charge >= 0.3 is 12.1 Å². The molecular formula is C26H31N3O5. The largest absolute Gasteiger partial charge is 0.465 e. The Hall–Kier alpha value is -3.55. The second-order valence-corrected chi connectivity index (χ2v) is 9.87. The third kappa shape index (κ3) is 4.58. The van der Waals surface area contributed by atoms with Gasteiger partial charge in [-0.3, -0.25) is 4.79 Å². The third-order valence-corrected chi connectivity index (χ3v) is 6.44. The summed E-state index contributed by atoms with van der Waals surface area (Å²) in [6.45, 7) is 6.69. The number of nitrogens with zero attached hydrogens (tertiary/aromatic N) is 3. The first-order valence-corrected chi connectivity index (χ1v) is 11.5. The predicted octanol–water partition coefficient (Wildman–Crippen LogP) is 3.96. The number of para-hydroxylation sites is 1. The van der Waals surface area contributed by atoms with E-state index >= 15 is 0 Å². The van der Waals surface area contributed by atoms with Crippen LogP contribution in [0.5, 0.6) is 0 Å². The number of amides is 2. The summed E-state index contributed by atoms with van der Waals surface area (Å²) in [6.07, 6.45) is -0.135. The third-order valence-electron chi connectivity index (χ3n) is 6.44. The highest BCUT2D eigenvalue weighted by molar-refractivity contribution is 5.95. The van der Waals surface area contributed by atoms with Crippen LogP contribution in [0.4, 0.5) is 10.5 Å². The van der Waals surface area contributed by atoms with Gasteiger partial charge in [0.1, 0.15) is 11.1 Å². The lowest BCUT2D eigenvalue weighted by Crippen LogP contribution is -2.57. The molecule has 2 fully saturated rings. The second kappa shape index (κ2) is 9.00. The van der Waals surface area contributed by atoms with Crippen molar-refractivity contribution in [2.24, 2.45) is 0 Å². The Morgan fingerprint density at radius 2 is 1.62 bits per heavy atom. The zero-order chi connectivity index (χ0) is 24.5. The number of esters is 1. The highest BCUT2D eigenvalue weighted by atomic mass is 16.6. The van der Waals surface area contributed by atoms with Gasteiger partial charge in [-0.1, -0.05) is 36.4 Å². The van der Waals surface area contributed by atoms with Crippen molar-refractivity contribution in [2.45, 2.75) is 51.3 Å². The summed E-state index contributed by atoms with van der Waals surface area (Å²) in [4.78, 5) is 43.4. The van der Waals surface area contributed by atoms with E-state index in [0.717, 1.165) is 11.3 Å². The number of hydrogen-bond acceptors (Lipinski definition) is 5. The van der Waals surface area contributed by atoms with Gasteiger partial charge in [0.15, 0.2) is 0 Å². The average molecular weight is 466 g/mol. The molecule has 0 atom stereocenters. The minimum Gasteiger partial charge on any atom is -0.465 e. The molecule has 34 heavy (non-hydrogen) atoms. The van der Waals surface area contributed by atoms with Crippen LogP contribution in [0.25, 0.3) is 0 Å². The molecule has 2 aliphatic rings. The number of carbonyl (C=O) groups excluding carboxylic acids is 2. The normalized spacial score (nSPS) is 17.9. The van der Waals surface area contributed by atoms with Crippen molar-refractivity contribution in [3.05, 3.63) is 65.7 Å². The Bertz CT molecular complexity index is 1070. The van der Waals surface area contributed by atoms with E-state index in [1.54, 1.807) is 17.0 Å². The molecule has 0 saturated carbocycles. The number of rotatable bonds is 4. The maximum absolute atomic E-state index is 13.9. The number of hydrogen-bond donors (Lipinski definition) is 1. The SMILES string of the molecule is CC(C)(C)OC(=O)c1ccccc1CN1CN(c2ccccc2)C2(CCN(C(=O)O)CC2)C1=O. The summed E-state index contributed by atoms with van der Waals surface area (Å²) in [5.74, 6) is -0.459. The highest BCUT2D eigenvalue weighted by Crippen LogP contribution is 2.40. The molecular weight excluding hydrogens is 434 g/mol. The van der Waals surface area contributed by atoms with Gasteiger partial charge in [0.2, 0.25) is 5.91 Å². The van der Waals surface area contributed by atoms with Crippen molar-refractivity contribution in [2.75, 3.05) is 24.7 Å². The van der Waals surface area contributed by atoms with Crippen molar-refractivity contribution >= 4 is 23.7 Å². The van der Waals surface area contributed by atoms with Crippen LogP contribution in [0.2, 0.25) is 0 Å². The van der Waals surface area contributed by atoms with E-state index in [9.17, 15) is 19.5 Å². The monoisotopic (exact) mass is 465 g/mol. The second-order valence-electron chi connectivity index (χ2n) is 9.87. The number of ether oxygens (including phenoxy) is 1. The Morgan fingerprint density at radius 3 is 2.24 bits per heavy atom. The standard InChI is InChI=1S/C26H31N3O5/c1-25(2,3)34-22(30)21-12-8-7-9-19(21)17-28-18-29(20-10-5-4-6-11-20)26(23(28)31)13-15-27(16-14-26)24(32)33/h4-12H,13-18H2,1-3H3,(H,32,33). The Kier molecular flexibility index (Phi) is 6.25. The van der Waals surface area contributed by atoms with Gasteiger partial charge in [-0.05, 0) is 57.4 Å². The van der Waals surface area contributed by atoms with Gasteiger partial charge in [0.05, 0.1) is 12.2 Å². The zero-order valence-corrected chi connectivity index (χ0v) is 19.9. The van der Waals surface area contributed by atoms with Gasteiger partial charge in [-0.25, -0.2) is 9.59 Å². The van der Waals surface area contributed by atoms with E-state index in [1.165, 1.54) is 4.90 Å². The molecule has 0 aromatic heterocycles. The van der Waals surface area contributed by atoms with Crippen molar-refractivity contribution in [1.82, 2.24) is 9.80 Å². The van der Waals surface area contributed by atoms with Crippen LogP contribution >= 0.6 is 0 Å². The lowest BCUT2D eigenvalue weighted by molar-refractivity contribution is -0.134. The molecule has 180 valence electrons. The minimum atomic E-state index is -0.963. The lowest BCUT2D eigenvalue weighted by atomic mass is 9.85. The van der Waals surface area contributed by atoms with E-state index in [4.69, 9.17) is 4.74 Å². The Morgan fingerprint density at radius 1 is 1.00 bits per heavy atom. The quantitative estimate of drug-likeness (QED) is 0.688. The number of benzene rings is 2. The molecule has 0 unspecified atom stereocenters. The van der Waals surface area contributed by atoms with Gasteiger partial charge in [-0.2, -0.15) is 0 Å². The van der Waals surface area contributed by atoms with Gasteiger partial charge < -0.3 is 24.5 Å². The first kappa shape index (κ1) is 23.6. The molecule has 0 radical (unpaired) electrons. The van der Waals surface area contributed by atoms with Crippen molar-refractivity contribution in [1.29, 1.82) is 0 Å². The molecule has 1 N–H and O–H groups in total. The maximum Gasteiger partial charge on any atom is 0.407 e. The molecule has 8 heteroatoms. The van der Waals surface area contributed by atoms with Gasteiger partial charge in [0, 0.05) is 25.3 Å². The Balaban J connectivity index is 1.63. The molecule has 2 aromatic carbocycles. The highest BCUT2D eigenvalue weighted by Gasteiger charge is 2.54. The summed E-state index contributed by atoms with van der Waals surface area (Å²) in [6, 6.07) is 16.9. The lowest BCUT2D eigenvalue weighted by Gasteiger charge is -2.42. The predicted molar refractivity (Wildman–Crippen MR) is 128 cm³/mol. The molecule has 2 amide bonds. The smallest absolute Gasteiger partial charge is 0.407 e. The molecule has 8 nitrogen and oxygen atoms in total. The van der Waals surface area contributed by atoms with Gasteiger partial charge in [0.25, 0.3) is 0 Å². The average Bonchev–Trinajstić information content (AvgIpc) is 3.05. The summed E-state index contributed by atoms with van der Waals surface area (Å²) >= 11 is 0. The van der Waals surface area contributed by atoms with Crippen LogP contribution in [-0.2, 0) is 16.1 Å². The van der Waals surface area contributed by atoms with E-state index < -0.39 is 23.2 Å². The van der Waals surface area contributed by atoms with Crippen molar-refractivity contribution in [3.63, 3.8) is 0 Å². The fraction of sp³-hybridized carbons (Fsp3) is 0.423. The fourth-order valence-electron chi connectivity index (χ4n) is 4.79. The summed E-state index contributed by atoms with van der Waals surface area (Å²) in [5.41, 5.74) is 0.646. The maximum atomic E-state index is 13.9. The van der Waals surface area contributed by atoms with E-state index in [1.807, 2.05) is 63.2 Å². The molecule has 0 bridgehead atoms. The molecule has 0 aliphatic carbocycles. The first-order valence-electron chi connectivity index (χ1n) is 11.5. The van der Waals surface area contributed by atoms with Crippen molar-refractivity contribution < 1.29 is 24.2 Å². The number of likely N-dealkylation sites (tertiary alicyclic amines) is 1. The van der Waals surface area contributed by atoms with Crippen LogP contribution in [0.15, 0.2) is 54.6 Å². The van der Waals surface area contributed by atoms with Crippen molar-refractivity contribution in [3.8, 4) is 0 Å². The molecule has 4 rings (SSSR count). The summed E-state index contributed by atoms with van der Waals surface area (Å²) in [7, 11) is 0. The molecule has 2 aromatic rings. The van der Waals surface area contributed by atoms with Crippen LogP contribution in [-0.4, -0.2) is 63.8 Å². The van der Waals surface area contributed by atoms with Crippen LogP contribution in [0, 0.1) is 0 Å². The molecule has 2 saturated heterocycles. The Labute approximate surface area is 199 Å². The van der Waals surface area contributed by atoms with Crippen LogP contribution < -0.4 is 4.90 Å². The number of carboxylic acid groups (broad SMARTS) is 1. The van der Waals surface area contributed by atoms with E-state index in [2.05, 4.69) is 4.90 Å². The van der Waals surface area contributed by atoms with Crippen LogP contribution in [0.3, 0.4) is 0 Å². The summed E-state index contributed by atoms with van der Waals surface area (Å²) in [5, 5.41) is 9.40. The zero-order valence-electron chi connectivity index (χ0n) is 19.9. The van der Waals surface area contributed by atoms with E-state index in [-0.39, 0.29) is 12.5 Å². The number of piperidine rings is 1. The molecule has 2 heterocycles. The van der Waals surface area contributed by atoms with Crippen LogP contribution in [0.1, 0.15) is 49.5 Å². The molecule has 1 spiro atoms. The molecule has 2 aliphatic heterocycles. The van der Waals surface area contributed by atoms with E-state index in [0.29, 0.717) is 38.2 Å². The topological polar surface area (TPSA) is 90.4 Å². The number of carbonyl (C=O) groups is 3. The first-order chi connectivity index (χ1) is 16.1. The number of anilines is 1. The summed E-state index contributed by atoms with van der Waals surface area (Å²) < 4.78 is 5.58. The fourth-order valence-corrected chi connectivity index (χ4v) is 4.79.